The fraction of sp³-hybridized carbons (Fsp3) is 0.278. The van der Waals surface area contributed by atoms with Crippen molar-refractivity contribution >= 4 is 5.91 Å². The third-order valence-electron chi connectivity index (χ3n) is 3.42. The molecular formula is C18H22N2O2. The highest BCUT2D eigenvalue weighted by molar-refractivity contribution is 5.80. The van der Waals surface area contributed by atoms with E-state index in [9.17, 15) is 4.79 Å². The van der Waals surface area contributed by atoms with Crippen LogP contribution in [-0.4, -0.2) is 19.0 Å². The Bertz CT molecular complexity index is 582. The van der Waals surface area contributed by atoms with Crippen LogP contribution in [0.25, 0.3) is 0 Å². The number of hydrogen-bond acceptors (Lipinski definition) is 3. The molecular weight excluding hydrogens is 276 g/mol. The molecule has 0 heterocycles. The van der Waals surface area contributed by atoms with E-state index in [-0.39, 0.29) is 11.9 Å². The van der Waals surface area contributed by atoms with E-state index < -0.39 is 0 Å². The van der Waals surface area contributed by atoms with E-state index in [4.69, 9.17) is 4.74 Å². The first kappa shape index (κ1) is 16.0. The standard InChI is InChI=1S/C18H22N2O2/c1-14(18(21)19-2)20-12-15-8-10-17(11-9-15)22-13-16-6-4-3-5-7-16/h3-11,14,20H,12-13H2,1-2H3,(H,19,21)/t14-/m1/s1. The summed E-state index contributed by atoms with van der Waals surface area (Å²) in [6.45, 7) is 3.05. The molecule has 0 aromatic heterocycles. The lowest BCUT2D eigenvalue weighted by atomic mass is 10.2. The lowest BCUT2D eigenvalue weighted by Crippen LogP contribution is -2.40. The molecule has 0 unspecified atom stereocenters. The van der Waals surface area contributed by atoms with Crippen LogP contribution >= 0.6 is 0 Å². The quantitative estimate of drug-likeness (QED) is 0.825. The van der Waals surface area contributed by atoms with Gasteiger partial charge in [-0.1, -0.05) is 42.5 Å². The van der Waals surface area contributed by atoms with Crippen LogP contribution in [0.5, 0.6) is 5.75 Å². The van der Waals surface area contributed by atoms with Crippen LogP contribution in [0.15, 0.2) is 54.6 Å². The largest absolute Gasteiger partial charge is 0.489 e. The van der Waals surface area contributed by atoms with Crippen LogP contribution < -0.4 is 15.4 Å². The first-order chi connectivity index (χ1) is 10.7. The predicted octanol–water partition coefficient (Wildman–Crippen LogP) is 2.49. The molecule has 0 bridgehead atoms. The molecule has 2 aromatic rings. The SMILES string of the molecule is CNC(=O)[C@@H](C)NCc1ccc(OCc2ccccc2)cc1. The van der Waals surface area contributed by atoms with Gasteiger partial charge in [-0.3, -0.25) is 4.79 Å². The van der Waals surface area contributed by atoms with Gasteiger partial charge in [-0.25, -0.2) is 0 Å². The monoisotopic (exact) mass is 298 g/mol. The van der Waals surface area contributed by atoms with Gasteiger partial charge in [-0.15, -0.1) is 0 Å². The molecule has 4 nitrogen and oxygen atoms in total. The minimum Gasteiger partial charge on any atom is -0.489 e. The molecule has 4 heteroatoms. The highest BCUT2D eigenvalue weighted by Gasteiger charge is 2.09. The number of carbonyl (C=O) groups is 1. The third kappa shape index (κ3) is 4.90. The van der Waals surface area contributed by atoms with E-state index in [0.29, 0.717) is 13.2 Å². The van der Waals surface area contributed by atoms with Crippen molar-refractivity contribution < 1.29 is 9.53 Å². The fourth-order valence-corrected chi connectivity index (χ4v) is 2.02. The van der Waals surface area contributed by atoms with Crippen molar-refractivity contribution in [3.05, 3.63) is 65.7 Å². The van der Waals surface area contributed by atoms with Gasteiger partial charge in [0.2, 0.25) is 5.91 Å². The molecule has 22 heavy (non-hydrogen) atoms. The Hall–Kier alpha value is -2.33. The number of carbonyl (C=O) groups excluding carboxylic acids is 1. The zero-order valence-electron chi connectivity index (χ0n) is 13.0. The minimum absolute atomic E-state index is 0.0113. The Kier molecular flexibility index (Phi) is 5.98. The Morgan fingerprint density at radius 2 is 1.73 bits per heavy atom. The van der Waals surface area contributed by atoms with Crippen molar-refractivity contribution in [3.63, 3.8) is 0 Å². The zero-order valence-corrected chi connectivity index (χ0v) is 13.0. The molecule has 2 rings (SSSR count). The topological polar surface area (TPSA) is 50.4 Å². The predicted molar refractivity (Wildman–Crippen MR) is 87.6 cm³/mol. The number of nitrogens with one attached hydrogen (secondary N) is 2. The highest BCUT2D eigenvalue weighted by atomic mass is 16.5. The summed E-state index contributed by atoms with van der Waals surface area (Å²) in [5.41, 5.74) is 2.26. The molecule has 0 spiro atoms. The molecule has 0 radical (unpaired) electrons. The summed E-state index contributed by atoms with van der Waals surface area (Å²) in [7, 11) is 1.64. The van der Waals surface area contributed by atoms with Crippen LogP contribution in [-0.2, 0) is 17.9 Å². The van der Waals surface area contributed by atoms with Crippen molar-refractivity contribution in [1.82, 2.24) is 10.6 Å². The Morgan fingerprint density at radius 3 is 2.36 bits per heavy atom. The second kappa shape index (κ2) is 8.20. The maximum Gasteiger partial charge on any atom is 0.236 e. The van der Waals surface area contributed by atoms with Crippen molar-refractivity contribution in [2.75, 3.05) is 7.05 Å². The summed E-state index contributed by atoms with van der Waals surface area (Å²) in [5, 5.41) is 5.80. The highest BCUT2D eigenvalue weighted by Crippen LogP contribution is 2.14. The molecule has 0 saturated carbocycles. The average molecular weight is 298 g/mol. The van der Waals surface area contributed by atoms with Crippen molar-refractivity contribution in [3.8, 4) is 5.75 Å². The molecule has 0 aliphatic carbocycles. The van der Waals surface area contributed by atoms with Crippen LogP contribution in [0.3, 0.4) is 0 Å². The van der Waals surface area contributed by atoms with Gasteiger partial charge in [0.25, 0.3) is 0 Å². The van der Waals surface area contributed by atoms with Gasteiger partial charge in [0, 0.05) is 13.6 Å². The first-order valence-electron chi connectivity index (χ1n) is 7.39. The maximum absolute atomic E-state index is 11.4. The van der Waals surface area contributed by atoms with Crippen LogP contribution in [0.2, 0.25) is 0 Å². The van der Waals surface area contributed by atoms with Crippen molar-refractivity contribution in [2.45, 2.75) is 26.1 Å². The Labute approximate surface area is 131 Å². The third-order valence-corrected chi connectivity index (χ3v) is 3.42. The second-order valence-electron chi connectivity index (χ2n) is 5.14. The van der Waals surface area contributed by atoms with Gasteiger partial charge in [-0.05, 0) is 30.2 Å². The van der Waals surface area contributed by atoms with E-state index in [1.54, 1.807) is 7.05 Å². The van der Waals surface area contributed by atoms with Gasteiger partial charge in [0.1, 0.15) is 12.4 Å². The molecule has 1 amide bonds. The zero-order chi connectivity index (χ0) is 15.8. The van der Waals surface area contributed by atoms with Gasteiger partial charge in [0.15, 0.2) is 0 Å². The van der Waals surface area contributed by atoms with Gasteiger partial charge < -0.3 is 15.4 Å². The second-order valence-corrected chi connectivity index (χ2v) is 5.14. The molecule has 0 saturated heterocycles. The van der Waals surface area contributed by atoms with E-state index in [2.05, 4.69) is 10.6 Å². The Balaban J connectivity index is 1.81. The molecule has 1 atom stereocenters. The Morgan fingerprint density at radius 1 is 1.05 bits per heavy atom. The number of benzene rings is 2. The van der Waals surface area contributed by atoms with Gasteiger partial charge >= 0.3 is 0 Å². The van der Waals surface area contributed by atoms with E-state index in [1.165, 1.54) is 0 Å². The summed E-state index contributed by atoms with van der Waals surface area (Å²) in [6.07, 6.45) is 0. The van der Waals surface area contributed by atoms with E-state index in [1.807, 2.05) is 61.5 Å². The lowest BCUT2D eigenvalue weighted by molar-refractivity contribution is -0.122. The molecule has 0 fully saturated rings. The van der Waals surface area contributed by atoms with Crippen LogP contribution in [0, 0.1) is 0 Å². The molecule has 116 valence electrons. The van der Waals surface area contributed by atoms with Gasteiger partial charge in [-0.2, -0.15) is 0 Å². The summed E-state index contributed by atoms with van der Waals surface area (Å²) in [5.74, 6) is 0.828. The summed E-state index contributed by atoms with van der Waals surface area (Å²) >= 11 is 0. The fourth-order valence-electron chi connectivity index (χ4n) is 2.02. The molecule has 2 N–H and O–H groups in total. The number of amides is 1. The van der Waals surface area contributed by atoms with E-state index in [0.717, 1.165) is 16.9 Å². The summed E-state index contributed by atoms with van der Waals surface area (Å²) in [4.78, 5) is 11.4. The maximum atomic E-state index is 11.4. The number of likely N-dealkylation sites (N-methyl/N-ethyl adjacent to an activating group) is 1. The first-order valence-corrected chi connectivity index (χ1v) is 7.39. The smallest absolute Gasteiger partial charge is 0.236 e. The summed E-state index contributed by atoms with van der Waals surface area (Å²) in [6, 6.07) is 17.8. The number of hydrogen-bond donors (Lipinski definition) is 2. The van der Waals surface area contributed by atoms with Crippen molar-refractivity contribution in [2.24, 2.45) is 0 Å². The van der Waals surface area contributed by atoms with E-state index >= 15 is 0 Å². The normalized spacial score (nSPS) is 11.7. The van der Waals surface area contributed by atoms with Crippen LogP contribution in [0.1, 0.15) is 18.1 Å². The lowest BCUT2D eigenvalue weighted by Gasteiger charge is -2.12. The average Bonchev–Trinajstić information content (AvgIpc) is 2.59. The minimum atomic E-state index is -0.209. The number of rotatable bonds is 7. The molecule has 2 aromatic carbocycles. The van der Waals surface area contributed by atoms with Crippen molar-refractivity contribution in [1.29, 1.82) is 0 Å². The van der Waals surface area contributed by atoms with Gasteiger partial charge in [0.05, 0.1) is 6.04 Å². The molecule has 0 aliphatic rings. The van der Waals surface area contributed by atoms with Crippen LogP contribution in [0.4, 0.5) is 0 Å². The molecule has 0 aliphatic heterocycles. The summed E-state index contributed by atoms with van der Waals surface area (Å²) < 4.78 is 5.74. The number of ether oxygens (including phenoxy) is 1.